The Labute approximate surface area is 240 Å². The predicted molar refractivity (Wildman–Crippen MR) is 174 cm³/mol. The van der Waals surface area contributed by atoms with Crippen LogP contribution in [0, 0.1) is 0 Å². The molecule has 0 unspecified atom stereocenters. The lowest BCUT2D eigenvalue weighted by Crippen LogP contribution is -2.14. The van der Waals surface area contributed by atoms with Crippen LogP contribution in [-0.4, -0.2) is 4.57 Å². The Hall–Kier alpha value is -5.08. The molecule has 7 aromatic rings. The molecule has 1 aliphatic rings. The third-order valence-corrected chi connectivity index (χ3v) is 8.78. The number of nitrogens with one attached hydrogen (secondary N) is 1. The van der Waals surface area contributed by atoms with Crippen molar-refractivity contribution in [3.63, 3.8) is 0 Å². The van der Waals surface area contributed by atoms with Gasteiger partial charge >= 0.3 is 0 Å². The molecule has 0 atom stereocenters. The molecule has 0 fully saturated rings. The number of aromatic nitrogens is 1. The average molecular weight is 527 g/mol. The summed E-state index contributed by atoms with van der Waals surface area (Å²) in [5.74, 6) is 0. The largest absolute Gasteiger partial charge is 0.356 e. The number of benzene rings is 6. The number of rotatable bonds is 4. The van der Waals surface area contributed by atoms with Crippen molar-refractivity contribution < 1.29 is 0 Å². The van der Waals surface area contributed by atoms with E-state index in [1.807, 2.05) is 0 Å². The molecule has 0 radical (unpaired) electrons. The van der Waals surface area contributed by atoms with Crippen molar-refractivity contribution in [3.05, 3.63) is 151 Å². The summed E-state index contributed by atoms with van der Waals surface area (Å²) in [6.07, 6.45) is 0. The minimum absolute atomic E-state index is 0.0284. The zero-order valence-corrected chi connectivity index (χ0v) is 23.2. The highest BCUT2D eigenvalue weighted by Crippen LogP contribution is 2.49. The summed E-state index contributed by atoms with van der Waals surface area (Å²) in [5, 5.41) is 6.18. The van der Waals surface area contributed by atoms with Crippen LogP contribution in [-0.2, 0) is 5.41 Å². The molecule has 41 heavy (non-hydrogen) atoms. The van der Waals surface area contributed by atoms with Crippen LogP contribution in [0.15, 0.2) is 140 Å². The van der Waals surface area contributed by atoms with Crippen molar-refractivity contribution in [3.8, 4) is 27.9 Å². The van der Waals surface area contributed by atoms with Crippen LogP contribution in [0.4, 0.5) is 11.4 Å². The van der Waals surface area contributed by atoms with Gasteiger partial charge in [0.05, 0.1) is 11.0 Å². The lowest BCUT2D eigenvalue weighted by atomic mass is 9.82. The van der Waals surface area contributed by atoms with E-state index in [1.165, 1.54) is 60.9 Å². The summed E-state index contributed by atoms with van der Waals surface area (Å²) < 4.78 is 2.36. The molecule has 0 spiro atoms. The Morgan fingerprint density at radius 2 is 1.15 bits per heavy atom. The summed E-state index contributed by atoms with van der Waals surface area (Å²) in [5.41, 5.74) is 13.7. The van der Waals surface area contributed by atoms with Gasteiger partial charge in [-0.3, -0.25) is 0 Å². The maximum atomic E-state index is 3.64. The second kappa shape index (κ2) is 8.97. The van der Waals surface area contributed by atoms with Crippen LogP contribution in [0.5, 0.6) is 0 Å². The number of hydrogen-bond acceptors (Lipinski definition) is 1. The van der Waals surface area contributed by atoms with E-state index in [1.54, 1.807) is 0 Å². The number of fused-ring (bicyclic) bond motifs is 6. The first-order valence-electron chi connectivity index (χ1n) is 14.3. The first-order chi connectivity index (χ1) is 20.1. The monoisotopic (exact) mass is 526 g/mol. The third-order valence-electron chi connectivity index (χ3n) is 8.78. The van der Waals surface area contributed by atoms with Crippen LogP contribution in [0.25, 0.3) is 49.7 Å². The normalized spacial score (nSPS) is 13.3. The molecule has 0 saturated heterocycles. The SMILES string of the molecule is CC1(C)c2ccccc2-c2cc(Nc3ccc(-c4ccc5c(c4)c4ccccc4n5-c4ccccc4)cc3)ccc21. The fraction of sp³-hybridized carbons (Fsp3) is 0.0769. The van der Waals surface area contributed by atoms with Gasteiger partial charge in [0.1, 0.15) is 0 Å². The minimum Gasteiger partial charge on any atom is -0.356 e. The van der Waals surface area contributed by atoms with Gasteiger partial charge in [-0.05, 0) is 88.0 Å². The van der Waals surface area contributed by atoms with Crippen molar-refractivity contribution in [1.29, 1.82) is 0 Å². The van der Waals surface area contributed by atoms with Gasteiger partial charge in [0.25, 0.3) is 0 Å². The number of nitrogens with zero attached hydrogens (tertiary/aromatic N) is 1. The summed E-state index contributed by atoms with van der Waals surface area (Å²) in [7, 11) is 0. The molecule has 0 aliphatic heterocycles. The smallest absolute Gasteiger partial charge is 0.0541 e. The van der Waals surface area contributed by atoms with E-state index in [-0.39, 0.29) is 5.41 Å². The van der Waals surface area contributed by atoms with Crippen molar-refractivity contribution in [2.75, 3.05) is 5.32 Å². The maximum Gasteiger partial charge on any atom is 0.0541 e. The Kier molecular flexibility index (Phi) is 5.20. The van der Waals surface area contributed by atoms with Crippen LogP contribution >= 0.6 is 0 Å². The predicted octanol–water partition coefficient (Wildman–Crippen LogP) is 10.5. The summed E-state index contributed by atoms with van der Waals surface area (Å²) in [6.45, 7) is 4.64. The zero-order chi connectivity index (χ0) is 27.6. The summed E-state index contributed by atoms with van der Waals surface area (Å²) in [4.78, 5) is 0. The van der Waals surface area contributed by atoms with E-state index >= 15 is 0 Å². The van der Waals surface area contributed by atoms with Gasteiger partial charge in [-0.1, -0.05) is 98.8 Å². The lowest BCUT2D eigenvalue weighted by Gasteiger charge is -2.21. The van der Waals surface area contributed by atoms with E-state index in [9.17, 15) is 0 Å². The van der Waals surface area contributed by atoms with Crippen molar-refractivity contribution >= 4 is 33.2 Å². The molecule has 0 bridgehead atoms. The van der Waals surface area contributed by atoms with Crippen molar-refractivity contribution in [2.24, 2.45) is 0 Å². The minimum atomic E-state index is 0.0284. The van der Waals surface area contributed by atoms with Gasteiger partial charge in [0.2, 0.25) is 0 Å². The van der Waals surface area contributed by atoms with E-state index in [0.29, 0.717) is 0 Å². The molecule has 0 amide bonds. The molecule has 1 aromatic heterocycles. The highest BCUT2D eigenvalue weighted by atomic mass is 15.0. The topological polar surface area (TPSA) is 17.0 Å². The van der Waals surface area contributed by atoms with Gasteiger partial charge in [0, 0.05) is 33.2 Å². The molecule has 6 aromatic carbocycles. The molecule has 0 saturated carbocycles. The van der Waals surface area contributed by atoms with Crippen molar-refractivity contribution in [1.82, 2.24) is 4.57 Å². The van der Waals surface area contributed by atoms with Gasteiger partial charge in [-0.15, -0.1) is 0 Å². The molecule has 8 rings (SSSR count). The van der Waals surface area contributed by atoms with Gasteiger partial charge in [-0.25, -0.2) is 0 Å². The quantitative estimate of drug-likeness (QED) is 0.241. The Balaban J connectivity index is 1.12. The molecule has 2 heteroatoms. The molecular formula is C39H30N2. The standard InChI is InChI=1S/C39H30N2/c1-39(2)35-14-8-6-12-31(35)33-25-29(21-22-36(33)39)40-28-19-16-26(17-20-28)27-18-23-38-34(24-27)32-13-7-9-15-37(32)41(38)30-10-4-3-5-11-30/h3-25,40H,1-2H3. The highest BCUT2D eigenvalue weighted by Gasteiger charge is 2.35. The zero-order valence-electron chi connectivity index (χ0n) is 23.2. The van der Waals surface area contributed by atoms with Gasteiger partial charge in [0.15, 0.2) is 0 Å². The molecular weight excluding hydrogens is 496 g/mol. The second-order valence-corrected chi connectivity index (χ2v) is 11.6. The summed E-state index contributed by atoms with van der Waals surface area (Å²) >= 11 is 0. The number of para-hydroxylation sites is 2. The lowest BCUT2D eigenvalue weighted by molar-refractivity contribution is 0.660. The molecule has 1 aliphatic carbocycles. The third kappa shape index (κ3) is 3.72. The van der Waals surface area contributed by atoms with Crippen LogP contribution < -0.4 is 5.32 Å². The Morgan fingerprint density at radius 3 is 2.00 bits per heavy atom. The molecule has 1 N–H and O–H groups in total. The summed E-state index contributed by atoms with van der Waals surface area (Å²) in [6, 6.07) is 50.5. The maximum absolute atomic E-state index is 3.64. The van der Waals surface area contributed by atoms with Crippen LogP contribution in [0.2, 0.25) is 0 Å². The Morgan fingerprint density at radius 1 is 0.488 bits per heavy atom. The molecule has 1 heterocycles. The fourth-order valence-electron chi connectivity index (χ4n) is 6.72. The Bertz CT molecular complexity index is 2080. The van der Waals surface area contributed by atoms with Crippen LogP contribution in [0.3, 0.4) is 0 Å². The van der Waals surface area contributed by atoms with E-state index in [0.717, 1.165) is 11.4 Å². The fourth-order valence-corrected chi connectivity index (χ4v) is 6.72. The second-order valence-electron chi connectivity index (χ2n) is 11.6. The first-order valence-corrected chi connectivity index (χ1v) is 14.3. The van der Waals surface area contributed by atoms with E-state index in [4.69, 9.17) is 0 Å². The molecule has 196 valence electrons. The van der Waals surface area contributed by atoms with E-state index < -0.39 is 0 Å². The number of hydrogen-bond donors (Lipinski definition) is 1. The van der Waals surface area contributed by atoms with Gasteiger partial charge < -0.3 is 9.88 Å². The molecule has 2 nitrogen and oxygen atoms in total. The first kappa shape index (κ1) is 23.8. The average Bonchev–Trinajstić information content (AvgIpc) is 3.46. The highest BCUT2D eigenvalue weighted by molar-refractivity contribution is 6.10. The van der Waals surface area contributed by atoms with Gasteiger partial charge in [-0.2, -0.15) is 0 Å². The van der Waals surface area contributed by atoms with Crippen LogP contribution in [0.1, 0.15) is 25.0 Å². The van der Waals surface area contributed by atoms with Crippen molar-refractivity contribution in [2.45, 2.75) is 19.3 Å². The van der Waals surface area contributed by atoms with E-state index in [2.05, 4.69) is 163 Å². The number of anilines is 2.